The summed E-state index contributed by atoms with van der Waals surface area (Å²) in [6, 6.07) is 4.63. The van der Waals surface area contributed by atoms with Crippen LogP contribution in [0.4, 0.5) is 4.39 Å². The maximum atomic E-state index is 14.3. The third-order valence-electron chi connectivity index (χ3n) is 6.81. The SMILES string of the molecule is COc1ccc(F)c(CN2CCCC3(CCN(C(=O)C4CCCC4)C3)C2=O)c1. The van der Waals surface area contributed by atoms with Crippen molar-refractivity contribution in [3.05, 3.63) is 29.6 Å². The normalized spacial score (nSPS) is 25.7. The lowest BCUT2D eigenvalue weighted by atomic mass is 9.78. The van der Waals surface area contributed by atoms with Gasteiger partial charge >= 0.3 is 0 Å². The van der Waals surface area contributed by atoms with Gasteiger partial charge in [0.1, 0.15) is 11.6 Å². The van der Waals surface area contributed by atoms with Crippen LogP contribution in [0.15, 0.2) is 18.2 Å². The van der Waals surface area contributed by atoms with Gasteiger partial charge in [0, 0.05) is 37.7 Å². The maximum absolute atomic E-state index is 14.3. The van der Waals surface area contributed by atoms with Gasteiger partial charge in [-0.2, -0.15) is 0 Å². The van der Waals surface area contributed by atoms with Crippen molar-refractivity contribution in [1.29, 1.82) is 0 Å². The van der Waals surface area contributed by atoms with Gasteiger partial charge in [0.15, 0.2) is 0 Å². The number of methoxy groups -OCH3 is 1. The molecule has 1 atom stereocenters. The molecule has 3 fully saturated rings. The number of hydrogen-bond acceptors (Lipinski definition) is 3. The fourth-order valence-electron chi connectivity index (χ4n) is 5.18. The molecular weight excluding hydrogens is 359 g/mol. The molecule has 0 bridgehead atoms. The molecular formula is C22H29FN2O3. The van der Waals surface area contributed by atoms with Gasteiger partial charge in [-0.1, -0.05) is 12.8 Å². The van der Waals surface area contributed by atoms with Crippen molar-refractivity contribution in [1.82, 2.24) is 9.80 Å². The highest BCUT2D eigenvalue weighted by atomic mass is 19.1. The Morgan fingerprint density at radius 3 is 2.75 bits per heavy atom. The van der Waals surface area contributed by atoms with Crippen LogP contribution in [0.25, 0.3) is 0 Å². The first kappa shape index (κ1) is 19.2. The molecule has 1 aromatic carbocycles. The predicted molar refractivity (Wildman–Crippen MR) is 103 cm³/mol. The van der Waals surface area contributed by atoms with Crippen molar-refractivity contribution in [2.75, 3.05) is 26.7 Å². The number of halogens is 1. The Morgan fingerprint density at radius 1 is 1.21 bits per heavy atom. The predicted octanol–water partition coefficient (Wildman–Crippen LogP) is 3.37. The van der Waals surface area contributed by atoms with Crippen LogP contribution in [-0.2, 0) is 16.1 Å². The summed E-state index contributed by atoms with van der Waals surface area (Å²) in [5.41, 5.74) is -0.0105. The largest absolute Gasteiger partial charge is 0.497 e. The first-order valence-electron chi connectivity index (χ1n) is 10.4. The molecule has 1 aromatic rings. The van der Waals surface area contributed by atoms with Crippen LogP contribution in [0.1, 0.15) is 50.5 Å². The van der Waals surface area contributed by atoms with Gasteiger partial charge < -0.3 is 14.5 Å². The van der Waals surface area contributed by atoms with Crippen molar-refractivity contribution < 1.29 is 18.7 Å². The van der Waals surface area contributed by atoms with Crippen molar-refractivity contribution in [2.24, 2.45) is 11.3 Å². The van der Waals surface area contributed by atoms with Crippen LogP contribution in [0.2, 0.25) is 0 Å². The Balaban J connectivity index is 1.47. The van der Waals surface area contributed by atoms with Crippen LogP contribution < -0.4 is 4.74 Å². The number of nitrogens with zero attached hydrogens (tertiary/aromatic N) is 2. The quantitative estimate of drug-likeness (QED) is 0.795. The third-order valence-corrected chi connectivity index (χ3v) is 6.81. The number of hydrogen-bond donors (Lipinski definition) is 0. The van der Waals surface area contributed by atoms with E-state index in [-0.39, 0.29) is 30.1 Å². The number of rotatable bonds is 4. The second-order valence-corrected chi connectivity index (χ2v) is 8.56. The van der Waals surface area contributed by atoms with Gasteiger partial charge in [-0.05, 0) is 50.3 Å². The summed E-state index contributed by atoms with van der Waals surface area (Å²) >= 11 is 0. The van der Waals surface area contributed by atoms with Crippen molar-refractivity contribution in [2.45, 2.75) is 51.5 Å². The minimum Gasteiger partial charge on any atom is -0.497 e. The van der Waals surface area contributed by atoms with E-state index in [9.17, 15) is 14.0 Å². The molecule has 2 amide bonds. The first-order valence-corrected chi connectivity index (χ1v) is 10.4. The van der Waals surface area contributed by atoms with Gasteiger partial charge in [0.2, 0.25) is 11.8 Å². The molecule has 1 spiro atoms. The Bertz CT molecular complexity index is 762. The Hall–Kier alpha value is -2.11. The van der Waals surface area contributed by atoms with Gasteiger partial charge in [-0.25, -0.2) is 4.39 Å². The first-order chi connectivity index (χ1) is 13.5. The summed E-state index contributed by atoms with van der Waals surface area (Å²) < 4.78 is 19.4. The van der Waals surface area contributed by atoms with Crippen LogP contribution in [0, 0.1) is 17.2 Å². The average molecular weight is 388 g/mol. The van der Waals surface area contributed by atoms with Crippen molar-refractivity contribution >= 4 is 11.8 Å². The molecule has 0 radical (unpaired) electrons. The standard InChI is InChI=1S/C22H29FN2O3/c1-28-18-7-8-19(23)17(13-18)14-24-11-4-9-22(21(24)27)10-12-25(15-22)20(26)16-5-2-3-6-16/h7-8,13,16H,2-6,9-12,14-15H2,1H3. The van der Waals surface area contributed by atoms with Crippen LogP contribution in [-0.4, -0.2) is 48.4 Å². The molecule has 2 saturated heterocycles. The molecule has 1 unspecified atom stereocenters. The van der Waals surface area contributed by atoms with E-state index < -0.39 is 5.41 Å². The minimum atomic E-state index is -0.484. The molecule has 152 valence electrons. The third kappa shape index (κ3) is 3.49. The lowest BCUT2D eigenvalue weighted by Crippen LogP contribution is -2.50. The molecule has 3 aliphatic rings. The van der Waals surface area contributed by atoms with E-state index in [2.05, 4.69) is 0 Å². The van der Waals surface area contributed by atoms with E-state index >= 15 is 0 Å². The van der Waals surface area contributed by atoms with Crippen molar-refractivity contribution in [3.63, 3.8) is 0 Å². The zero-order valence-electron chi connectivity index (χ0n) is 16.6. The fourth-order valence-corrected chi connectivity index (χ4v) is 5.18. The Morgan fingerprint density at radius 2 is 2.00 bits per heavy atom. The lowest BCUT2D eigenvalue weighted by molar-refractivity contribution is -0.147. The highest BCUT2D eigenvalue weighted by molar-refractivity contribution is 5.86. The second kappa shape index (κ2) is 7.72. The molecule has 0 N–H and O–H groups in total. The minimum absolute atomic E-state index is 0.0719. The summed E-state index contributed by atoms with van der Waals surface area (Å²) in [4.78, 5) is 29.8. The molecule has 28 heavy (non-hydrogen) atoms. The van der Waals surface area contributed by atoms with E-state index in [0.717, 1.165) is 44.9 Å². The summed E-state index contributed by atoms with van der Waals surface area (Å²) in [5, 5.41) is 0. The van der Waals surface area contributed by atoms with E-state index in [1.807, 2.05) is 4.90 Å². The van der Waals surface area contributed by atoms with E-state index in [0.29, 0.717) is 30.9 Å². The molecule has 6 heteroatoms. The van der Waals surface area contributed by atoms with Crippen LogP contribution in [0.5, 0.6) is 5.75 Å². The topological polar surface area (TPSA) is 49.9 Å². The monoisotopic (exact) mass is 388 g/mol. The fraction of sp³-hybridized carbons (Fsp3) is 0.636. The highest BCUT2D eigenvalue weighted by Gasteiger charge is 2.50. The highest BCUT2D eigenvalue weighted by Crippen LogP contribution is 2.42. The molecule has 1 aliphatic carbocycles. The van der Waals surface area contributed by atoms with E-state index in [1.54, 1.807) is 24.1 Å². The zero-order chi connectivity index (χ0) is 19.7. The number of amides is 2. The molecule has 2 aliphatic heterocycles. The number of likely N-dealkylation sites (tertiary alicyclic amines) is 2. The maximum Gasteiger partial charge on any atom is 0.230 e. The number of ether oxygens (including phenoxy) is 1. The van der Waals surface area contributed by atoms with E-state index in [4.69, 9.17) is 4.74 Å². The number of carbonyl (C=O) groups is 2. The molecule has 1 saturated carbocycles. The van der Waals surface area contributed by atoms with Crippen LogP contribution in [0.3, 0.4) is 0 Å². The number of piperidine rings is 1. The smallest absolute Gasteiger partial charge is 0.230 e. The Labute approximate surface area is 165 Å². The summed E-state index contributed by atoms with van der Waals surface area (Å²) in [7, 11) is 1.55. The van der Waals surface area contributed by atoms with E-state index in [1.165, 1.54) is 6.07 Å². The zero-order valence-corrected chi connectivity index (χ0v) is 16.6. The number of carbonyl (C=O) groups excluding carboxylic acids is 2. The molecule has 4 rings (SSSR count). The van der Waals surface area contributed by atoms with Gasteiger partial charge in [-0.15, -0.1) is 0 Å². The summed E-state index contributed by atoms with van der Waals surface area (Å²) in [6.45, 7) is 2.08. The van der Waals surface area contributed by atoms with Gasteiger partial charge in [-0.3, -0.25) is 9.59 Å². The van der Waals surface area contributed by atoms with Gasteiger partial charge in [0.25, 0.3) is 0 Å². The second-order valence-electron chi connectivity index (χ2n) is 8.56. The lowest BCUT2D eigenvalue weighted by Gasteiger charge is -2.39. The average Bonchev–Trinajstić information content (AvgIpc) is 3.38. The molecule has 0 aromatic heterocycles. The van der Waals surface area contributed by atoms with Gasteiger partial charge in [0.05, 0.1) is 12.5 Å². The summed E-state index contributed by atoms with van der Waals surface area (Å²) in [5.74, 6) is 0.721. The molecule has 5 nitrogen and oxygen atoms in total. The van der Waals surface area contributed by atoms with Crippen LogP contribution >= 0.6 is 0 Å². The Kier molecular flexibility index (Phi) is 5.30. The number of benzene rings is 1. The summed E-state index contributed by atoms with van der Waals surface area (Å²) in [6.07, 6.45) is 6.67. The molecule has 2 heterocycles. The van der Waals surface area contributed by atoms with Crippen molar-refractivity contribution in [3.8, 4) is 5.75 Å².